The van der Waals surface area contributed by atoms with Crippen LogP contribution in [0.1, 0.15) is 21.5 Å². The van der Waals surface area contributed by atoms with Crippen LogP contribution in [-0.4, -0.2) is 43.8 Å². The van der Waals surface area contributed by atoms with Crippen LogP contribution in [0.25, 0.3) is 6.08 Å². The molecule has 7 nitrogen and oxygen atoms in total. The highest BCUT2D eigenvalue weighted by Gasteiger charge is 2.33. The van der Waals surface area contributed by atoms with E-state index in [1.807, 2.05) is 31.2 Å². The molecular weight excluding hydrogens is 412 g/mol. The summed E-state index contributed by atoms with van der Waals surface area (Å²) in [5, 5.41) is 21.1. The molecular formula is C20H16N2O5S2. The molecule has 0 spiro atoms. The van der Waals surface area contributed by atoms with E-state index in [0.717, 1.165) is 33.9 Å². The van der Waals surface area contributed by atoms with Gasteiger partial charge in [-0.1, -0.05) is 53.8 Å². The highest BCUT2D eigenvalue weighted by Crippen LogP contribution is 2.32. The molecule has 2 amide bonds. The van der Waals surface area contributed by atoms with Gasteiger partial charge in [0.2, 0.25) is 5.91 Å². The number of thioether (sulfide) groups is 1. The number of aromatic hydroxyl groups is 1. The second kappa shape index (κ2) is 8.46. The molecule has 1 aliphatic heterocycles. The van der Waals surface area contributed by atoms with E-state index in [9.17, 15) is 24.6 Å². The summed E-state index contributed by atoms with van der Waals surface area (Å²) in [5.41, 5.74) is 1.70. The highest BCUT2D eigenvalue weighted by atomic mass is 32.2. The summed E-state index contributed by atoms with van der Waals surface area (Å²) < 4.78 is 0.243. The first-order valence-electron chi connectivity index (χ1n) is 8.43. The SMILES string of the molecule is Cc1ccc(/C=C2\SC(=S)N(CC(=O)Nc3ccc(O)cc3C(=O)O)C2=O)cc1. The molecule has 0 radical (unpaired) electrons. The van der Waals surface area contributed by atoms with E-state index in [1.165, 1.54) is 12.1 Å². The summed E-state index contributed by atoms with van der Waals surface area (Å²) in [4.78, 5) is 37.9. The predicted molar refractivity (Wildman–Crippen MR) is 115 cm³/mol. The standard InChI is InChI=1S/C20H16N2O5S2/c1-11-2-4-12(5-3-11)8-16-18(25)22(20(28)29-16)10-17(24)21-15-7-6-13(23)9-14(15)19(26)27/h2-9,23H,10H2,1H3,(H,21,24)(H,26,27)/b16-8-. The Morgan fingerprint density at radius 3 is 2.55 bits per heavy atom. The van der Waals surface area contributed by atoms with Gasteiger partial charge in [0.05, 0.1) is 16.2 Å². The second-order valence-electron chi connectivity index (χ2n) is 6.26. The van der Waals surface area contributed by atoms with E-state index in [4.69, 9.17) is 12.2 Å². The molecule has 1 saturated heterocycles. The third-order valence-electron chi connectivity index (χ3n) is 4.06. The van der Waals surface area contributed by atoms with Gasteiger partial charge in [-0.2, -0.15) is 0 Å². The van der Waals surface area contributed by atoms with Crippen molar-refractivity contribution in [2.75, 3.05) is 11.9 Å². The molecule has 3 rings (SSSR count). The maximum atomic E-state index is 12.6. The number of phenols is 1. The fourth-order valence-electron chi connectivity index (χ4n) is 2.60. The van der Waals surface area contributed by atoms with Gasteiger partial charge in [-0.15, -0.1) is 0 Å². The fourth-order valence-corrected chi connectivity index (χ4v) is 3.86. The molecule has 0 unspecified atom stereocenters. The van der Waals surface area contributed by atoms with Gasteiger partial charge in [0.25, 0.3) is 5.91 Å². The fraction of sp³-hybridized carbons (Fsp3) is 0.100. The number of aryl methyl sites for hydroxylation is 1. The van der Waals surface area contributed by atoms with Crippen LogP contribution < -0.4 is 5.32 Å². The van der Waals surface area contributed by atoms with Gasteiger partial charge in [0.1, 0.15) is 16.6 Å². The normalized spacial score (nSPS) is 15.1. The van der Waals surface area contributed by atoms with Crippen molar-refractivity contribution >= 4 is 57.8 Å². The first kappa shape index (κ1) is 20.6. The quantitative estimate of drug-likeness (QED) is 0.381. The number of carboxylic acid groups (broad SMARTS) is 1. The molecule has 0 aliphatic carbocycles. The van der Waals surface area contributed by atoms with Crippen molar-refractivity contribution in [1.29, 1.82) is 0 Å². The van der Waals surface area contributed by atoms with Crippen LogP contribution in [0.2, 0.25) is 0 Å². The van der Waals surface area contributed by atoms with Crippen LogP contribution in [0, 0.1) is 6.92 Å². The zero-order chi connectivity index (χ0) is 21.1. The predicted octanol–water partition coefficient (Wildman–Crippen LogP) is 3.24. The topological polar surface area (TPSA) is 107 Å². The number of rotatable bonds is 5. The molecule has 0 bridgehead atoms. The van der Waals surface area contributed by atoms with Gasteiger partial charge in [-0.05, 0) is 36.8 Å². The molecule has 0 aromatic heterocycles. The number of hydrogen-bond donors (Lipinski definition) is 3. The van der Waals surface area contributed by atoms with Crippen LogP contribution in [0.5, 0.6) is 5.75 Å². The van der Waals surface area contributed by atoms with Crippen molar-refractivity contribution in [3.05, 3.63) is 64.1 Å². The zero-order valence-electron chi connectivity index (χ0n) is 15.2. The Labute approximate surface area is 176 Å². The molecule has 3 N–H and O–H groups in total. The number of aromatic carboxylic acids is 1. The number of anilines is 1. The monoisotopic (exact) mass is 428 g/mol. The third kappa shape index (κ3) is 4.82. The Morgan fingerprint density at radius 2 is 1.90 bits per heavy atom. The molecule has 2 aromatic carbocycles. The summed E-state index contributed by atoms with van der Waals surface area (Å²) in [6.45, 7) is 1.61. The Hall–Kier alpha value is -3.17. The Bertz CT molecular complexity index is 1050. The number of hydrogen-bond acceptors (Lipinski definition) is 6. The molecule has 148 valence electrons. The van der Waals surface area contributed by atoms with Crippen molar-refractivity contribution in [2.45, 2.75) is 6.92 Å². The molecule has 0 atom stereocenters. The molecule has 0 saturated carbocycles. The van der Waals surface area contributed by atoms with E-state index in [2.05, 4.69) is 5.32 Å². The molecule has 1 heterocycles. The molecule has 1 fully saturated rings. The molecule has 29 heavy (non-hydrogen) atoms. The maximum absolute atomic E-state index is 12.6. The minimum atomic E-state index is -1.30. The smallest absolute Gasteiger partial charge is 0.337 e. The number of phenolic OH excluding ortho intramolecular Hbond substituents is 1. The summed E-state index contributed by atoms with van der Waals surface area (Å²) in [6, 6.07) is 11.2. The van der Waals surface area contributed by atoms with Gasteiger partial charge in [-0.25, -0.2) is 4.79 Å². The van der Waals surface area contributed by atoms with Crippen LogP contribution in [0.4, 0.5) is 5.69 Å². The van der Waals surface area contributed by atoms with E-state index in [1.54, 1.807) is 6.08 Å². The van der Waals surface area contributed by atoms with Gasteiger partial charge in [-0.3, -0.25) is 14.5 Å². The van der Waals surface area contributed by atoms with Crippen LogP contribution in [0.3, 0.4) is 0 Å². The summed E-state index contributed by atoms with van der Waals surface area (Å²) in [7, 11) is 0. The lowest BCUT2D eigenvalue weighted by molar-refractivity contribution is -0.126. The van der Waals surface area contributed by atoms with Gasteiger partial charge >= 0.3 is 5.97 Å². The third-order valence-corrected chi connectivity index (χ3v) is 5.44. The summed E-state index contributed by atoms with van der Waals surface area (Å²) >= 11 is 6.32. The van der Waals surface area contributed by atoms with Crippen LogP contribution in [-0.2, 0) is 9.59 Å². The number of carbonyl (C=O) groups is 3. The van der Waals surface area contributed by atoms with Gasteiger partial charge in [0.15, 0.2) is 0 Å². The molecule has 9 heteroatoms. The van der Waals surface area contributed by atoms with Gasteiger partial charge in [0, 0.05) is 0 Å². The van der Waals surface area contributed by atoms with Crippen molar-refractivity contribution in [1.82, 2.24) is 4.90 Å². The van der Waals surface area contributed by atoms with Crippen LogP contribution >= 0.6 is 24.0 Å². The Kier molecular flexibility index (Phi) is 6.00. The molecule has 1 aliphatic rings. The second-order valence-corrected chi connectivity index (χ2v) is 7.94. The number of thiocarbonyl (C=S) groups is 1. The Morgan fingerprint density at radius 1 is 1.21 bits per heavy atom. The Balaban J connectivity index is 1.73. The number of carbonyl (C=O) groups excluding carboxylic acids is 2. The van der Waals surface area contributed by atoms with E-state index in [0.29, 0.717) is 4.91 Å². The lowest BCUT2D eigenvalue weighted by atomic mass is 10.1. The lowest BCUT2D eigenvalue weighted by Gasteiger charge is -2.15. The first-order chi connectivity index (χ1) is 13.7. The number of benzene rings is 2. The number of carboxylic acids is 1. The minimum Gasteiger partial charge on any atom is -0.508 e. The number of amides is 2. The van der Waals surface area contributed by atoms with Crippen molar-refractivity contribution in [3.8, 4) is 5.75 Å². The molecule has 2 aromatic rings. The van der Waals surface area contributed by atoms with E-state index < -0.39 is 11.9 Å². The van der Waals surface area contributed by atoms with E-state index in [-0.39, 0.29) is 33.8 Å². The first-order valence-corrected chi connectivity index (χ1v) is 9.65. The van der Waals surface area contributed by atoms with E-state index >= 15 is 0 Å². The van der Waals surface area contributed by atoms with Crippen molar-refractivity contribution in [2.24, 2.45) is 0 Å². The van der Waals surface area contributed by atoms with Crippen molar-refractivity contribution < 1.29 is 24.6 Å². The highest BCUT2D eigenvalue weighted by molar-refractivity contribution is 8.26. The average molecular weight is 428 g/mol. The lowest BCUT2D eigenvalue weighted by Crippen LogP contribution is -2.36. The van der Waals surface area contributed by atoms with Crippen LogP contribution in [0.15, 0.2) is 47.4 Å². The largest absolute Gasteiger partial charge is 0.508 e. The summed E-state index contributed by atoms with van der Waals surface area (Å²) in [5.74, 6) is -2.53. The zero-order valence-corrected chi connectivity index (χ0v) is 16.8. The van der Waals surface area contributed by atoms with Crippen molar-refractivity contribution in [3.63, 3.8) is 0 Å². The average Bonchev–Trinajstić information content (AvgIpc) is 2.92. The summed E-state index contributed by atoms with van der Waals surface area (Å²) in [6.07, 6.45) is 1.71. The number of nitrogens with one attached hydrogen (secondary N) is 1. The van der Waals surface area contributed by atoms with Gasteiger partial charge < -0.3 is 15.5 Å². The maximum Gasteiger partial charge on any atom is 0.337 e. The minimum absolute atomic E-state index is 0.0148. The number of nitrogens with zero attached hydrogens (tertiary/aromatic N) is 1.